The number of nitriles is 1. The summed E-state index contributed by atoms with van der Waals surface area (Å²) in [4.78, 5) is 11.1. The standard InChI is InChI=1S/C11H9ClN2O/c12-8-3-1-7(2-4-8)9-5-11(9,6-13)10(14)15/h1-4,9H,5H2,(H2,14,15). The van der Waals surface area contributed by atoms with Crippen LogP contribution in [0, 0.1) is 16.7 Å². The number of benzene rings is 1. The molecule has 0 bridgehead atoms. The van der Waals surface area contributed by atoms with Crippen molar-refractivity contribution in [2.45, 2.75) is 12.3 Å². The lowest BCUT2D eigenvalue weighted by Gasteiger charge is -2.03. The Morgan fingerprint density at radius 2 is 2.13 bits per heavy atom. The molecule has 0 heterocycles. The number of halogens is 1. The van der Waals surface area contributed by atoms with Crippen LogP contribution in [0.4, 0.5) is 0 Å². The van der Waals surface area contributed by atoms with E-state index in [-0.39, 0.29) is 5.92 Å². The van der Waals surface area contributed by atoms with E-state index in [1.54, 1.807) is 12.1 Å². The first-order valence-corrected chi connectivity index (χ1v) is 4.94. The van der Waals surface area contributed by atoms with Crippen molar-refractivity contribution < 1.29 is 4.79 Å². The summed E-state index contributed by atoms with van der Waals surface area (Å²) in [6, 6.07) is 9.16. The van der Waals surface area contributed by atoms with Crippen LogP contribution in [0.5, 0.6) is 0 Å². The molecule has 3 nitrogen and oxygen atoms in total. The van der Waals surface area contributed by atoms with Gasteiger partial charge in [0.1, 0.15) is 5.41 Å². The molecule has 1 aromatic rings. The predicted molar refractivity (Wildman–Crippen MR) is 56.1 cm³/mol. The topological polar surface area (TPSA) is 66.9 Å². The lowest BCUT2D eigenvalue weighted by molar-refractivity contribution is -0.121. The zero-order chi connectivity index (χ0) is 11.1. The molecule has 1 saturated carbocycles. The van der Waals surface area contributed by atoms with E-state index in [1.807, 2.05) is 18.2 Å². The number of amides is 1. The zero-order valence-corrected chi connectivity index (χ0v) is 8.66. The van der Waals surface area contributed by atoms with Gasteiger partial charge in [0.05, 0.1) is 6.07 Å². The van der Waals surface area contributed by atoms with Gasteiger partial charge in [0.25, 0.3) is 0 Å². The monoisotopic (exact) mass is 220 g/mol. The number of hydrogen-bond acceptors (Lipinski definition) is 2. The van der Waals surface area contributed by atoms with Crippen LogP contribution in [0.15, 0.2) is 24.3 Å². The Hall–Kier alpha value is -1.53. The van der Waals surface area contributed by atoms with Gasteiger partial charge in [-0.2, -0.15) is 5.26 Å². The van der Waals surface area contributed by atoms with Crippen LogP contribution < -0.4 is 5.73 Å². The number of carbonyl (C=O) groups excluding carboxylic acids is 1. The van der Waals surface area contributed by atoms with Crippen molar-refractivity contribution in [1.82, 2.24) is 0 Å². The molecule has 0 aliphatic heterocycles. The van der Waals surface area contributed by atoms with Gasteiger partial charge in [0.2, 0.25) is 5.91 Å². The quantitative estimate of drug-likeness (QED) is 0.826. The van der Waals surface area contributed by atoms with Crippen molar-refractivity contribution in [2.24, 2.45) is 11.1 Å². The Kier molecular flexibility index (Phi) is 2.17. The first-order valence-electron chi connectivity index (χ1n) is 4.57. The van der Waals surface area contributed by atoms with Crippen molar-refractivity contribution in [3.05, 3.63) is 34.9 Å². The minimum atomic E-state index is -0.992. The van der Waals surface area contributed by atoms with E-state index in [0.29, 0.717) is 11.4 Å². The Bertz CT molecular complexity index is 449. The van der Waals surface area contributed by atoms with Gasteiger partial charge in [-0.25, -0.2) is 0 Å². The van der Waals surface area contributed by atoms with Gasteiger partial charge in [0, 0.05) is 10.9 Å². The molecule has 2 N–H and O–H groups in total. The van der Waals surface area contributed by atoms with Crippen LogP contribution in [-0.2, 0) is 4.79 Å². The Morgan fingerprint density at radius 1 is 1.53 bits per heavy atom. The third kappa shape index (κ3) is 1.47. The van der Waals surface area contributed by atoms with Gasteiger partial charge in [-0.1, -0.05) is 23.7 Å². The molecule has 0 aromatic heterocycles. The largest absolute Gasteiger partial charge is 0.368 e. The van der Waals surface area contributed by atoms with E-state index in [2.05, 4.69) is 0 Å². The smallest absolute Gasteiger partial charge is 0.238 e. The third-order valence-corrected chi connectivity index (χ3v) is 3.12. The molecule has 0 spiro atoms. The molecular formula is C11H9ClN2O. The highest BCUT2D eigenvalue weighted by Crippen LogP contribution is 2.58. The second kappa shape index (κ2) is 3.25. The lowest BCUT2D eigenvalue weighted by atomic mass is 10.0. The molecule has 1 aliphatic rings. The van der Waals surface area contributed by atoms with Gasteiger partial charge in [-0.15, -0.1) is 0 Å². The molecule has 1 aromatic carbocycles. The van der Waals surface area contributed by atoms with Gasteiger partial charge in [0.15, 0.2) is 0 Å². The van der Waals surface area contributed by atoms with Crippen LogP contribution >= 0.6 is 11.6 Å². The maximum absolute atomic E-state index is 11.1. The van der Waals surface area contributed by atoms with Crippen LogP contribution in [0.25, 0.3) is 0 Å². The average Bonchev–Trinajstić information content (AvgIpc) is 2.95. The zero-order valence-electron chi connectivity index (χ0n) is 7.90. The molecular weight excluding hydrogens is 212 g/mol. The van der Waals surface area contributed by atoms with Crippen LogP contribution in [0.3, 0.4) is 0 Å². The first-order chi connectivity index (χ1) is 7.10. The minimum absolute atomic E-state index is 0.0720. The SMILES string of the molecule is N#CC1(C(N)=O)CC1c1ccc(Cl)cc1. The van der Waals surface area contributed by atoms with Crippen molar-refractivity contribution in [1.29, 1.82) is 5.26 Å². The molecule has 2 atom stereocenters. The summed E-state index contributed by atoms with van der Waals surface area (Å²) < 4.78 is 0. The highest BCUT2D eigenvalue weighted by Gasteiger charge is 2.60. The van der Waals surface area contributed by atoms with Crippen molar-refractivity contribution in [3.8, 4) is 6.07 Å². The third-order valence-electron chi connectivity index (χ3n) is 2.87. The molecule has 2 unspecified atom stereocenters. The Morgan fingerprint density at radius 3 is 2.53 bits per heavy atom. The highest BCUT2D eigenvalue weighted by atomic mass is 35.5. The maximum atomic E-state index is 11.1. The van der Waals surface area contributed by atoms with Gasteiger partial charge < -0.3 is 5.73 Å². The highest BCUT2D eigenvalue weighted by molar-refractivity contribution is 6.30. The average molecular weight is 221 g/mol. The molecule has 1 fully saturated rings. The molecule has 1 amide bonds. The van der Waals surface area contributed by atoms with Crippen molar-refractivity contribution in [2.75, 3.05) is 0 Å². The molecule has 2 rings (SSSR count). The number of rotatable bonds is 2. The molecule has 15 heavy (non-hydrogen) atoms. The summed E-state index contributed by atoms with van der Waals surface area (Å²) in [7, 11) is 0. The molecule has 76 valence electrons. The van der Waals surface area contributed by atoms with Gasteiger partial charge in [-0.05, 0) is 24.1 Å². The second-order valence-electron chi connectivity index (χ2n) is 3.76. The molecule has 0 saturated heterocycles. The minimum Gasteiger partial charge on any atom is -0.368 e. The van der Waals surface area contributed by atoms with Crippen LogP contribution in [0.2, 0.25) is 5.02 Å². The number of primary amides is 1. The molecule has 0 radical (unpaired) electrons. The van der Waals surface area contributed by atoms with Crippen LogP contribution in [-0.4, -0.2) is 5.91 Å². The Balaban J connectivity index is 2.27. The van der Waals surface area contributed by atoms with E-state index >= 15 is 0 Å². The summed E-state index contributed by atoms with van der Waals surface area (Å²) in [6.07, 6.45) is 0.514. The van der Waals surface area contributed by atoms with E-state index < -0.39 is 11.3 Å². The number of carbonyl (C=O) groups is 1. The van der Waals surface area contributed by atoms with Crippen molar-refractivity contribution in [3.63, 3.8) is 0 Å². The second-order valence-corrected chi connectivity index (χ2v) is 4.19. The van der Waals surface area contributed by atoms with E-state index in [0.717, 1.165) is 5.56 Å². The van der Waals surface area contributed by atoms with E-state index in [9.17, 15) is 4.79 Å². The maximum Gasteiger partial charge on any atom is 0.238 e. The van der Waals surface area contributed by atoms with E-state index in [4.69, 9.17) is 22.6 Å². The summed E-state index contributed by atoms with van der Waals surface area (Å²) in [5.74, 6) is -0.609. The number of nitrogens with zero attached hydrogens (tertiary/aromatic N) is 1. The fourth-order valence-electron chi connectivity index (χ4n) is 1.81. The van der Waals surface area contributed by atoms with E-state index in [1.165, 1.54) is 0 Å². The van der Waals surface area contributed by atoms with Gasteiger partial charge >= 0.3 is 0 Å². The summed E-state index contributed by atoms with van der Waals surface area (Å²) in [6.45, 7) is 0. The summed E-state index contributed by atoms with van der Waals surface area (Å²) >= 11 is 5.75. The fraction of sp³-hybridized carbons (Fsp3) is 0.273. The molecule has 4 heteroatoms. The Labute approximate surface area is 92.4 Å². The van der Waals surface area contributed by atoms with Gasteiger partial charge in [-0.3, -0.25) is 4.79 Å². The predicted octanol–water partition coefficient (Wildman–Crippen LogP) is 1.82. The summed E-state index contributed by atoms with van der Waals surface area (Å²) in [5, 5.41) is 9.58. The lowest BCUT2D eigenvalue weighted by Crippen LogP contribution is -2.24. The normalized spacial score (nSPS) is 28.1. The number of nitrogens with two attached hydrogens (primary N) is 1. The first kappa shape index (κ1) is 10.0. The van der Waals surface area contributed by atoms with Crippen LogP contribution in [0.1, 0.15) is 17.9 Å². The summed E-state index contributed by atoms with van der Waals surface area (Å²) in [5.41, 5.74) is 5.17. The van der Waals surface area contributed by atoms with Crippen molar-refractivity contribution >= 4 is 17.5 Å². The number of hydrogen-bond donors (Lipinski definition) is 1. The fourth-order valence-corrected chi connectivity index (χ4v) is 1.94. The molecule has 1 aliphatic carbocycles.